The predicted molar refractivity (Wildman–Crippen MR) is 118 cm³/mol. The summed E-state index contributed by atoms with van der Waals surface area (Å²) in [5.41, 5.74) is 7.04. The van der Waals surface area contributed by atoms with Crippen LogP contribution in [-0.2, 0) is 6.54 Å². The number of carbonyl (C=O) groups excluding carboxylic acids is 1. The SMILES string of the molecule is Cc1cccc(-c2ccc3cc(C(=O)NCc4cccnc4)c(-c4cocn4)n3c2)c1. The summed E-state index contributed by atoms with van der Waals surface area (Å²) in [6, 6.07) is 18.1. The molecular weight excluding hydrogens is 388 g/mol. The van der Waals surface area contributed by atoms with Gasteiger partial charge in [-0.25, -0.2) is 4.98 Å². The number of hydrogen-bond acceptors (Lipinski definition) is 4. The molecule has 0 aliphatic rings. The summed E-state index contributed by atoms with van der Waals surface area (Å²) in [6.07, 6.45) is 8.41. The molecule has 6 heteroatoms. The largest absolute Gasteiger partial charge is 0.451 e. The van der Waals surface area contributed by atoms with Crippen LogP contribution in [0.15, 0.2) is 90.3 Å². The lowest BCUT2D eigenvalue weighted by molar-refractivity contribution is 0.0951. The average molecular weight is 408 g/mol. The van der Waals surface area contributed by atoms with Crippen molar-refractivity contribution in [3.8, 4) is 22.5 Å². The number of fused-ring (bicyclic) bond motifs is 1. The number of carbonyl (C=O) groups is 1. The first-order valence-corrected chi connectivity index (χ1v) is 9.97. The number of amides is 1. The third-order valence-electron chi connectivity index (χ3n) is 5.22. The van der Waals surface area contributed by atoms with Crippen molar-refractivity contribution >= 4 is 11.4 Å². The average Bonchev–Trinajstić information content (AvgIpc) is 3.45. The molecule has 5 aromatic rings. The third kappa shape index (κ3) is 3.71. The van der Waals surface area contributed by atoms with Gasteiger partial charge in [0.2, 0.25) is 0 Å². The summed E-state index contributed by atoms with van der Waals surface area (Å²) >= 11 is 0. The van der Waals surface area contributed by atoms with Gasteiger partial charge in [0.15, 0.2) is 6.39 Å². The van der Waals surface area contributed by atoms with E-state index in [0.717, 1.165) is 22.2 Å². The predicted octanol–water partition coefficient (Wildman–Crippen LogP) is 4.89. The van der Waals surface area contributed by atoms with Crippen LogP contribution in [-0.4, -0.2) is 20.3 Å². The van der Waals surface area contributed by atoms with Gasteiger partial charge in [-0.1, -0.05) is 42.0 Å². The maximum absolute atomic E-state index is 13.1. The van der Waals surface area contributed by atoms with Crippen molar-refractivity contribution in [2.45, 2.75) is 13.5 Å². The molecule has 1 N–H and O–H groups in total. The number of oxazole rings is 1. The zero-order valence-corrected chi connectivity index (χ0v) is 16.9. The van der Waals surface area contributed by atoms with E-state index in [1.54, 1.807) is 18.7 Å². The van der Waals surface area contributed by atoms with Gasteiger partial charge in [0.25, 0.3) is 5.91 Å². The van der Waals surface area contributed by atoms with Gasteiger partial charge in [0.1, 0.15) is 12.0 Å². The standard InChI is InChI=1S/C25H20N4O2/c1-17-4-2-6-19(10-17)20-7-8-21-11-22(24(29(21)14-20)23-15-31-16-28-23)25(30)27-13-18-5-3-9-26-12-18/h2-12,14-16H,13H2,1H3,(H,27,30). The normalized spacial score (nSPS) is 11.0. The second-order valence-corrected chi connectivity index (χ2v) is 7.41. The third-order valence-corrected chi connectivity index (χ3v) is 5.22. The fourth-order valence-corrected chi connectivity index (χ4v) is 3.71. The summed E-state index contributed by atoms with van der Waals surface area (Å²) in [5.74, 6) is -0.178. The van der Waals surface area contributed by atoms with Crippen molar-refractivity contribution in [3.05, 3.63) is 103 Å². The minimum Gasteiger partial charge on any atom is -0.451 e. The highest BCUT2D eigenvalue weighted by molar-refractivity contribution is 6.02. The van der Waals surface area contributed by atoms with Crippen LogP contribution in [0, 0.1) is 6.92 Å². The Balaban J connectivity index is 1.58. The van der Waals surface area contributed by atoms with Gasteiger partial charge in [-0.15, -0.1) is 0 Å². The Morgan fingerprint density at radius 1 is 1.10 bits per heavy atom. The first-order valence-electron chi connectivity index (χ1n) is 9.97. The molecule has 1 amide bonds. The van der Waals surface area contributed by atoms with Gasteiger partial charge in [0.05, 0.1) is 11.3 Å². The van der Waals surface area contributed by atoms with Crippen molar-refractivity contribution in [3.63, 3.8) is 0 Å². The Kier molecular flexibility index (Phi) is 4.80. The number of rotatable bonds is 5. The van der Waals surface area contributed by atoms with Gasteiger partial charge in [-0.05, 0) is 41.8 Å². The molecule has 0 atom stereocenters. The zero-order valence-electron chi connectivity index (χ0n) is 16.9. The Hall–Kier alpha value is -4.19. The second-order valence-electron chi connectivity index (χ2n) is 7.41. The highest BCUT2D eigenvalue weighted by atomic mass is 16.3. The molecule has 0 spiro atoms. The van der Waals surface area contributed by atoms with Crippen LogP contribution >= 0.6 is 0 Å². The van der Waals surface area contributed by atoms with E-state index in [1.807, 2.05) is 40.9 Å². The number of aryl methyl sites for hydroxylation is 1. The van der Waals surface area contributed by atoms with Gasteiger partial charge in [-0.2, -0.15) is 0 Å². The maximum atomic E-state index is 13.1. The first kappa shape index (κ1) is 18.8. The summed E-state index contributed by atoms with van der Waals surface area (Å²) in [4.78, 5) is 21.5. The molecular formula is C25H20N4O2. The molecule has 0 fully saturated rings. The molecule has 0 radical (unpaired) electrons. The van der Waals surface area contributed by atoms with Gasteiger partial charge < -0.3 is 14.1 Å². The minimum absolute atomic E-state index is 0.178. The number of pyridine rings is 2. The highest BCUT2D eigenvalue weighted by Gasteiger charge is 2.20. The van der Waals surface area contributed by atoms with Gasteiger partial charge >= 0.3 is 0 Å². The van der Waals surface area contributed by atoms with Crippen molar-refractivity contribution in [1.29, 1.82) is 0 Å². The number of aromatic nitrogens is 3. The fourth-order valence-electron chi connectivity index (χ4n) is 3.71. The molecule has 0 saturated heterocycles. The van der Waals surface area contributed by atoms with E-state index in [4.69, 9.17) is 4.42 Å². The van der Waals surface area contributed by atoms with Crippen LogP contribution in [0.4, 0.5) is 0 Å². The molecule has 1 aromatic carbocycles. The number of benzene rings is 1. The van der Waals surface area contributed by atoms with Crippen LogP contribution in [0.3, 0.4) is 0 Å². The fraction of sp³-hybridized carbons (Fsp3) is 0.0800. The summed E-state index contributed by atoms with van der Waals surface area (Å²) < 4.78 is 7.21. The van der Waals surface area contributed by atoms with Crippen molar-refractivity contribution in [2.75, 3.05) is 0 Å². The summed E-state index contributed by atoms with van der Waals surface area (Å²) in [6.45, 7) is 2.47. The number of hydrogen-bond donors (Lipinski definition) is 1. The maximum Gasteiger partial charge on any atom is 0.253 e. The minimum atomic E-state index is -0.178. The number of nitrogens with one attached hydrogen (secondary N) is 1. The molecule has 0 saturated carbocycles. The van der Waals surface area contributed by atoms with Gasteiger partial charge in [-0.3, -0.25) is 9.78 Å². The van der Waals surface area contributed by atoms with Crippen molar-refractivity contribution in [2.24, 2.45) is 0 Å². The van der Waals surface area contributed by atoms with Crippen LogP contribution in [0.2, 0.25) is 0 Å². The smallest absolute Gasteiger partial charge is 0.253 e. The van der Waals surface area contributed by atoms with E-state index < -0.39 is 0 Å². The van der Waals surface area contributed by atoms with E-state index in [9.17, 15) is 4.79 Å². The van der Waals surface area contributed by atoms with Crippen LogP contribution in [0.5, 0.6) is 0 Å². The summed E-state index contributed by atoms with van der Waals surface area (Å²) in [5, 5.41) is 2.98. The Morgan fingerprint density at radius 3 is 2.81 bits per heavy atom. The monoisotopic (exact) mass is 408 g/mol. The molecule has 4 aromatic heterocycles. The van der Waals surface area contributed by atoms with E-state index in [1.165, 1.54) is 12.0 Å². The molecule has 31 heavy (non-hydrogen) atoms. The number of nitrogens with zero attached hydrogens (tertiary/aromatic N) is 3. The van der Waals surface area contributed by atoms with E-state index in [0.29, 0.717) is 23.5 Å². The molecule has 6 nitrogen and oxygen atoms in total. The highest BCUT2D eigenvalue weighted by Crippen LogP contribution is 2.30. The topological polar surface area (TPSA) is 72.4 Å². The Bertz CT molecular complexity index is 1360. The van der Waals surface area contributed by atoms with E-state index in [2.05, 4.69) is 46.5 Å². The second kappa shape index (κ2) is 7.91. The Morgan fingerprint density at radius 2 is 2.03 bits per heavy atom. The quantitative estimate of drug-likeness (QED) is 0.449. The first-order chi connectivity index (χ1) is 15.2. The lowest BCUT2D eigenvalue weighted by Crippen LogP contribution is -2.23. The lowest BCUT2D eigenvalue weighted by Gasteiger charge is -2.08. The Labute approximate surface area is 179 Å². The van der Waals surface area contributed by atoms with Crippen LogP contribution in [0.25, 0.3) is 28.0 Å². The molecule has 0 aliphatic carbocycles. The van der Waals surface area contributed by atoms with Crippen LogP contribution in [0.1, 0.15) is 21.5 Å². The zero-order chi connectivity index (χ0) is 21.2. The summed E-state index contributed by atoms with van der Waals surface area (Å²) in [7, 11) is 0. The molecule has 4 heterocycles. The molecule has 5 rings (SSSR count). The van der Waals surface area contributed by atoms with Gasteiger partial charge in [0, 0.05) is 30.7 Å². The molecule has 152 valence electrons. The van der Waals surface area contributed by atoms with E-state index >= 15 is 0 Å². The van der Waals surface area contributed by atoms with E-state index in [-0.39, 0.29) is 5.91 Å². The molecule has 0 bridgehead atoms. The molecule has 0 unspecified atom stereocenters. The lowest BCUT2D eigenvalue weighted by atomic mass is 10.1. The van der Waals surface area contributed by atoms with Crippen molar-refractivity contribution in [1.82, 2.24) is 19.7 Å². The van der Waals surface area contributed by atoms with Crippen molar-refractivity contribution < 1.29 is 9.21 Å². The molecule has 0 aliphatic heterocycles. The van der Waals surface area contributed by atoms with Crippen LogP contribution < -0.4 is 5.32 Å².